The first-order valence-corrected chi connectivity index (χ1v) is 14.0. The maximum Gasteiger partial charge on any atom is 0.514 e. The molecule has 2 rings (SSSR count). The van der Waals surface area contributed by atoms with Crippen LogP contribution in [0.15, 0.2) is 48.5 Å². The highest BCUT2D eigenvalue weighted by Crippen LogP contribution is 2.31. The van der Waals surface area contributed by atoms with Gasteiger partial charge in [0.05, 0.1) is 13.2 Å². The molecule has 0 amide bonds. The number of benzene rings is 2. The topological polar surface area (TPSA) is 170 Å². The number of hydrogen-bond donors (Lipinski definition) is 2. The first-order valence-electron chi connectivity index (χ1n) is 14.0. The van der Waals surface area contributed by atoms with E-state index in [1.165, 1.54) is 25.1 Å². The third kappa shape index (κ3) is 13.0. The molecule has 0 radical (unpaired) electrons. The lowest BCUT2D eigenvalue weighted by atomic mass is 9.86. The number of carboxylic acid groups (broad SMARTS) is 1. The predicted molar refractivity (Wildman–Crippen MR) is 155 cm³/mol. The highest BCUT2D eigenvalue weighted by Gasteiger charge is 2.37. The van der Waals surface area contributed by atoms with Gasteiger partial charge >= 0.3 is 24.4 Å². The van der Waals surface area contributed by atoms with Crippen LogP contribution in [0, 0.1) is 11.8 Å². The summed E-state index contributed by atoms with van der Waals surface area (Å²) in [6, 6.07) is 12.3. The van der Waals surface area contributed by atoms with Gasteiger partial charge in [-0.1, -0.05) is 52.0 Å². The van der Waals surface area contributed by atoms with Gasteiger partial charge in [-0.05, 0) is 61.4 Å². The molecule has 43 heavy (non-hydrogen) atoms. The molecule has 0 aliphatic heterocycles. The van der Waals surface area contributed by atoms with Crippen LogP contribution in [-0.2, 0) is 25.4 Å². The van der Waals surface area contributed by atoms with E-state index in [0.29, 0.717) is 24.3 Å². The minimum Gasteiger partial charge on any atom is -0.480 e. The van der Waals surface area contributed by atoms with Crippen molar-refractivity contribution in [2.75, 3.05) is 13.2 Å². The van der Waals surface area contributed by atoms with Crippen LogP contribution in [0.4, 0.5) is 14.4 Å². The molecule has 0 aliphatic carbocycles. The predicted octanol–water partition coefficient (Wildman–Crippen LogP) is 6.13. The Balaban J connectivity index is 2.18. The van der Waals surface area contributed by atoms with Crippen molar-refractivity contribution in [3.63, 3.8) is 0 Å². The third-order valence-corrected chi connectivity index (χ3v) is 6.06. The zero-order valence-corrected chi connectivity index (χ0v) is 25.2. The molecule has 2 atom stereocenters. The van der Waals surface area contributed by atoms with Crippen molar-refractivity contribution in [2.45, 2.75) is 71.9 Å². The zero-order valence-electron chi connectivity index (χ0n) is 25.2. The number of carbonyl (C=O) groups is 4. The fourth-order valence-corrected chi connectivity index (χ4v) is 3.75. The quantitative estimate of drug-likeness (QED) is 0.136. The van der Waals surface area contributed by atoms with Gasteiger partial charge < -0.3 is 39.3 Å². The molecule has 2 aromatic rings. The second-order valence-corrected chi connectivity index (χ2v) is 11.0. The van der Waals surface area contributed by atoms with E-state index in [1.54, 1.807) is 30.3 Å². The van der Waals surface area contributed by atoms with Crippen LogP contribution >= 0.6 is 0 Å². The minimum atomic E-state index is -1.90. The molecule has 12 heteroatoms. The van der Waals surface area contributed by atoms with E-state index >= 15 is 0 Å². The second-order valence-electron chi connectivity index (χ2n) is 11.0. The van der Waals surface area contributed by atoms with Gasteiger partial charge in [0.2, 0.25) is 0 Å². The Bertz CT molecular complexity index is 1220. The van der Waals surface area contributed by atoms with Gasteiger partial charge in [0.1, 0.15) is 17.4 Å². The van der Waals surface area contributed by atoms with E-state index in [1.807, 2.05) is 27.7 Å². The minimum absolute atomic E-state index is 0.110. The molecule has 0 spiro atoms. The Hall–Kier alpha value is -4.32. The highest BCUT2D eigenvalue weighted by atomic mass is 16.7. The lowest BCUT2D eigenvalue weighted by molar-refractivity contribution is -0.144. The van der Waals surface area contributed by atoms with Gasteiger partial charge in [-0.25, -0.2) is 14.4 Å². The molecule has 0 bridgehead atoms. The number of carbonyl (C=O) groups excluding carboxylic acids is 3. The van der Waals surface area contributed by atoms with Gasteiger partial charge in [0.15, 0.2) is 11.5 Å². The molecule has 3 N–H and O–H groups in total. The van der Waals surface area contributed by atoms with Crippen molar-refractivity contribution >= 4 is 24.4 Å². The SMILES string of the molecule is CC(C)CCOC(=O)Oc1ccc(CC(N)(C[C@H](C)OC(=O)Oc2ccccc2)C(=O)O)cc1OC(=O)OCCC(C)C. The lowest BCUT2D eigenvalue weighted by Gasteiger charge is -2.28. The molecular formula is C31H41NO11. The summed E-state index contributed by atoms with van der Waals surface area (Å²) in [6.07, 6.45) is -3.30. The Morgan fingerprint density at radius 2 is 1.33 bits per heavy atom. The summed E-state index contributed by atoms with van der Waals surface area (Å²) in [7, 11) is 0. The standard InChI is InChI=1S/C31H41NO11/c1-20(2)13-15-38-28(35)42-25-12-11-23(17-26(25)43-29(36)39-16-14-21(3)4)19-31(32,27(33)34)18-22(5)40-30(37)41-24-9-7-6-8-10-24/h6-12,17,20-22H,13-16,18-19,32H2,1-5H3,(H,33,34)/t22-,31?/m0/s1. The molecule has 0 aromatic heterocycles. The number of hydrogen-bond acceptors (Lipinski definition) is 11. The molecule has 0 saturated carbocycles. The molecule has 0 aliphatic rings. The first-order chi connectivity index (χ1) is 20.3. The van der Waals surface area contributed by atoms with E-state index in [-0.39, 0.29) is 49.2 Å². The summed E-state index contributed by atoms with van der Waals surface area (Å²) in [5.41, 5.74) is 4.70. The summed E-state index contributed by atoms with van der Waals surface area (Å²) in [5, 5.41) is 9.98. The summed E-state index contributed by atoms with van der Waals surface area (Å²) in [4.78, 5) is 49.0. The van der Waals surface area contributed by atoms with E-state index in [4.69, 9.17) is 34.2 Å². The van der Waals surface area contributed by atoms with Gasteiger partial charge in [0.25, 0.3) is 0 Å². The number of carboxylic acids is 1. The lowest BCUT2D eigenvalue weighted by Crippen LogP contribution is -2.52. The maximum atomic E-state index is 12.4. The van der Waals surface area contributed by atoms with Gasteiger partial charge in [-0.15, -0.1) is 0 Å². The van der Waals surface area contributed by atoms with E-state index in [2.05, 4.69) is 0 Å². The van der Waals surface area contributed by atoms with Crippen LogP contribution in [0.2, 0.25) is 0 Å². The van der Waals surface area contributed by atoms with Crippen LogP contribution in [0.3, 0.4) is 0 Å². The Labute approximate surface area is 251 Å². The average molecular weight is 604 g/mol. The summed E-state index contributed by atoms with van der Waals surface area (Å²) < 4.78 is 31.1. The van der Waals surface area contributed by atoms with Crippen molar-refractivity contribution < 1.29 is 52.7 Å². The molecule has 2 aromatic carbocycles. The van der Waals surface area contributed by atoms with Crippen LogP contribution in [-0.4, -0.2) is 54.4 Å². The molecule has 0 saturated heterocycles. The number of ether oxygens (including phenoxy) is 6. The van der Waals surface area contributed by atoms with Gasteiger partial charge in [-0.3, -0.25) is 4.79 Å². The third-order valence-electron chi connectivity index (χ3n) is 6.06. The van der Waals surface area contributed by atoms with Crippen molar-refractivity contribution in [1.82, 2.24) is 0 Å². The van der Waals surface area contributed by atoms with E-state index in [9.17, 15) is 24.3 Å². The fraction of sp³-hybridized carbons (Fsp3) is 0.484. The number of rotatable bonds is 15. The van der Waals surface area contributed by atoms with Crippen molar-refractivity contribution in [3.05, 3.63) is 54.1 Å². The summed E-state index contributed by atoms with van der Waals surface area (Å²) >= 11 is 0. The first kappa shape index (κ1) is 34.9. The average Bonchev–Trinajstić information content (AvgIpc) is 2.90. The normalized spacial score (nSPS) is 13.0. The smallest absolute Gasteiger partial charge is 0.480 e. The fourth-order valence-electron chi connectivity index (χ4n) is 3.75. The molecule has 0 fully saturated rings. The summed E-state index contributed by atoms with van der Waals surface area (Å²) in [6.45, 7) is 9.61. The maximum absolute atomic E-state index is 12.4. The molecule has 0 heterocycles. The van der Waals surface area contributed by atoms with Crippen molar-refractivity contribution in [3.8, 4) is 17.2 Å². The van der Waals surface area contributed by atoms with Crippen LogP contribution < -0.4 is 19.9 Å². The second kappa shape index (κ2) is 17.0. The van der Waals surface area contributed by atoms with Crippen molar-refractivity contribution in [1.29, 1.82) is 0 Å². The van der Waals surface area contributed by atoms with Crippen LogP contribution in [0.5, 0.6) is 17.2 Å². The summed E-state index contributed by atoms with van der Waals surface area (Å²) in [5.74, 6) is -0.841. The molecule has 236 valence electrons. The highest BCUT2D eigenvalue weighted by molar-refractivity contribution is 5.79. The zero-order chi connectivity index (χ0) is 32.0. The molecule has 12 nitrogen and oxygen atoms in total. The van der Waals surface area contributed by atoms with Crippen LogP contribution in [0.25, 0.3) is 0 Å². The van der Waals surface area contributed by atoms with Crippen LogP contribution in [0.1, 0.15) is 59.4 Å². The Kier molecular flexibility index (Phi) is 13.8. The Morgan fingerprint density at radius 1 is 0.767 bits per heavy atom. The van der Waals surface area contributed by atoms with E-state index < -0.39 is 36.1 Å². The monoisotopic (exact) mass is 603 g/mol. The Morgan fingerprint density at radius 3 is 1.86 bits per heavy atom. The molecular weight excluding hydrogens is 562 g/mol. The van der Waals surface area contributed by atoms with Crippen molar-refractivity contribution in [2.24, 2.45) is 17.6 Å². The van der Waals surface area contributed by atoms with Gasteiger partial charge in [-0.2, -0.15) is 0 Å². The number of nitrogens with two attached hydrogens (primary N) is 1. The number of aliphatic carboxylic acids is 1. The largest absolute Gasteiger partial charge is 0.514 e. The molecule has 1 unspecified atom stereocenters. The van der Waals surface area contributed by atoms with Gasteiger partial charge in [0, 0.05) is 12.8 Å². The van der Waals surface area contributed by atoms with E-state index in [0.717, 1.165) is 0 Å². The number of para-hydroxylation sites is 1.